The van der Waals surface area contributed by atoms with Crippen LogP contribution in [0.3, 0.4) is 0 Å². The Morgan fingerprint density at radius 2 is 1.73 bits per heavy atom. The molecule has 8 nitrogen and oxygen atoms in total. The minimum absolute atomic E-state index is 0.0917. The van der Waals surface area contributed by atoms with Crippen molar-refractivity contribution in [3.8, 4) is 0 Å². The molecule has 2 fully saturated rings. The lowest BCUT2D eigenvalue weighted by Gasteiger charge is -2.29. The molecule has 0 radical (unpaired) electrons. The Labute approximate surface area is 216 Å². The van der Waals surface area contributed by atoms with Crippen LogP contribution in [0.5, 0.6) is 0 Å². The molecule has 2 saturated heterocycles. The number of carbonyl (C=O) groups is 4. The molecule has 2 aliphatic rings. The van der Waals surface area contributed by atoms with E-state index in [0.29, 0.717) is 18.4 Å². The van der Waals surface area contributed by atoms with Crippen LogP contribution in [0.25, 0.3) is 0 Å². The van der Waals surface area contributed by atoms with E-state index < -0.39 is 29.8 Å². The van der Waals surface area contributed by atoms with Gasteiger partial charge in [-0.15, -0.1) is 0 Å². The van der Waals surface area contributed by atoms with Crippen molar-refractivity contribution < 1.29 is 23.6 Å². The topological polar surface area (TPSA) is 90.0 Å². The summed E-state index contributed by atoms with van der Waals surface area (Å²) in [5.74, 6) is -2.05. The fourth-order valence-corrected chi connectivity index (χ4v) is 5.17. The van der Waals surface area contributed by atoms with Crippen molar-refractivity contribution in [3.63, 3.8) is 0 Å². The number of halogens is 1. The van der Waals surface area contributed by atoms with Crippen molar-refractivity contribution in [3.05, 3.63) is 65.5 Å². The SMILES string of the molecule is CC(C)CC(NC(=O)c1ccc(N(C)C)cc1)C(=O)N1CCC2C1C(=O)CN2C(=O)c1ccccc1F. The van der Waals surface area contributed by atoms with Crippen LogP contribution < -0.4 is 10.2 Å². The van der Waals surface area contributed by atoms with Crippen molar-refractivity contribution in [1.82, 2.24) is 15.1 Å². The minimum Gasteiger partial charge on any atom is -0.378 e. The number of hydrogen-bond donors (Lipinski definition) is 1. The lowest BCUT2D eigenvalue weighted by Crippen LogP contribution is -2.53. The molecule has 9 heteroatoms. The van der Waals surface area contributed by atoms with Crippen molar-refractivity contribution >= 4 is 29.2 Å². The zero-order valence-electron chi connectivity index (χ0n) is 21.6. The van der Waals surface area contributed by atoms with Gasteiger partial charge >= 0.3 is 0 Å². The minimum atomic E-state index is -0.816. The van der Waals surface area contributed by atoms with Gasteiger partial charge in [-0.2, -0.15) is 0 Å². The molecule has 0 spiro atoms. The van der Waals surface area contributed by atoms with E-state index >= 15 is 0 Å². The second kappa shape index (κ2) is 10.7. The molecule has 2 aromatic rings. The quantitative estimate of drug-likeness (QED) is 0.621. The van der Waals surface area contributed by atoms with Gasteiger partial charge in [-0.3, -0.25) is 19.2 Å². The summed E-state index contributed by atoms with van der Waals surface area (Å²) in [6, 6.07) is 10.6. The summed E-state index contributed by atoms with van der Waals surface area (Å²) in [5, 5.41) is 2.87. The van der Waals surface area contributed by atoms with Crippen LogP contribution in [-0.2, 0) is 9.59 Å². The van der Waals surface area contributed by atoms with E-state index in [1.54, 1.807) is 18.2 Å². The largest absolute Gasteiger partial charge is 0.378 e. The highest BCUT2D eigenvalue weighted by Crippen LogP contribution is 2.32. The van der Waals surface area contributed by atoms with Gasteiger partial charge in [0, 0.05) is 31.9 Å². The molecular weight excluding hydrogens is 475 g/mol. The Morgan fingerprint density at radius 3 is 2.35 bits per heavy atom. The van der Waals surface area contributed by atoms with Gasteiger partial charge in [-0.25, -0.2) is 4.39 Å². The third-order valence-electron chi connectivity index (χ3n) is 7.03. The summed E-state index contributed by atoms with van der Waals surface area (Å²) >= 11 is 0. The Morgan fingerprint density at radius 1 is 1.05 bits per heavy atom. The van der Waals surface area contributed by atoms with Gasteiger partial charge in [0.2, 0.25) is 5.91 Å². The first kappa shape index (κ1) is 26.3. The van der Waals surface area contributed by atoms with Gasteiger partial charge in [0.05, 0.1) is 18.2 Å². The fourth-order valence-electron chi connectivity index (χ4n) is 5.17. The molecule has 37 heavy (non-hydrogen) atoms. The standard InChI is InChI=1S/C28H33FN4O4/c1-17(2)15-22(30-26(35)18-9-11-19(12-10-18)31(3)4)28(37)32-14-13-23-25(32)24(34)16-33(23)27(36)20-7-5-6-8-21(20)29/h5-12,17,22-23,25H,13-16H2,1-4H3,(H,30,35). The summed E-state index contributed by atoms with van der Waals surface area (Å²) in [7, 11) is 3.82. The smallest absolute Gasteiger partial charge is 0.257 e. The molecule has 0 saturated carbocycles. The van der Waals surface area contributed by atoms with Gasteiger partial charge < -0.3 is 20.0 Å². The second-order valence-electron chi connectivity index (χ2n) is 10.3. The number of carbonyl (C=O) groups excluding carboxylic acids is 4. The summed E-state index contributed by atoms with van der Waals surface area (Å²) < 4.78 is 14.2. The first-order valence-electron chi connectivity index (χ1n) is 12.6. The van der Waals surface area contributed by atoms with Crippen LogP contribution in [0.4, 0.5) is 10.1 Å². The molecule has 3 unspecified atom stereocenters. The highest BCUT2D eigenvalue weighted by Gasteiger charge is 2.52. The van der Waals surface area contributed by atoms with Gasteiger partial charge in [0.15, 0.2) is 5.78 Å². The Kier molecular flexibility index (Phi) is 7.61. The van der Waals surface area contributed by atoms with Gasteiger partial charge in [-0.1, -0.05) is 26.0 Å². The van der Waals surface area contributed by atoms with E-state index in [1.807, 2.05) is 45.0 Å². The van der Waals surface area contributed by atoms with E-state index in [4.69, 9.17) is 0 Å². The number of ketones is 1. The molecule has 1 N–H and O–H groups in total. The van der Waals surface area contributed by atoms with Crippen LogP contribution in [0.1, 0.15) is 47.4 Å². The summed E-state index contributed by atoms with van der Waals surface area (Å²) in [6.07, 6.45) is 0.816. The molecule has 2 aliphatic heterocycles. The predicted octanol–water partition coefficient (Wildman–Crippen LogP) is 2.73. The monoisotopic (exact) mass is 508 g/mol. The van der Waals surface area contributed by atoms with E-state index in [2.05, 4.69) is 5.32 Å². The maximum Gasteiger partial charge on any atom is 0.257 e. The summed E-state index contributed by atoms with van der Waals surface area (Å²) in [5.41, 5.74) is 1.29. The molecule has 196 valence electrons. The third kappa shape index (κ3) is 5.35. The number of anilines is 1. The molecule has 4 rings (SSSR count). The first-order chi connectivity index (χ1) is 17.6. The molecule has 2 aromatic carbocycles. The number of nitrogens with one attached hydrogen (secondary N) is 1. The summed E-state index contributed by atoms with van der Waals surface area (Å²) in [6.45, 7) is 4.02. The number of amides is 3. The second-order valence-corrected chi connectivity index (χ2v) is 10.3. The van der Waals surface area contributed by atoms with Gasteiger partial charge in [0.1, 0.15) is 17.9 Å². The van der Waals surface area contributed by atoms with Crippen molar-refractivity contribution in [2.45, 2.75) is 44.8 Å². The highest BCUT2D eigenvalue weighted by molar-refractivity contribution is 6.03. The predicted molar refractivity (Wildman–Crippen MR) is 138 cm³/mol. The summed E-state index contributed by atoms with van der Waals surface area (Å²) in [4.78, 5) is 57.5. The molecule has 3 atom stereocenters. The van der Waals surface area contributed by atoms with E-state index in [9.17, 15) is 23.6 Å². The first-order valence-corrected chi connectivity index (χ1v) is 12.6. The third-order valence-corrected chi connectivity index (χ3v) is 7.03. The average molecular weight is 509 g/mol. The van der Waals surface area contributed by atoms with Gasteiger partial charge in [-0.05, 0) is 55.2 Å². The number of Topliss-reactive ketones (excluding diaryl/α,β-unsaturated/α-hetero) is 1. The maximum atomic E-state index is 14.2. The number of hydrogen-bond acceptors (Lipinski definition) is 5. The normalized spacial score (nSPS) is 19.7. The lowest BCUT2D eigenvalue weighted by atomic mass is 10.0. The molecular formula is C28H33FN4O4. The Bertz CT molecular complexity index is 1200. The fraction of sp³-hybridized carbons (Fsp3) is 0.429. The van der Waals surface area contributed by atoms with Crippen molar-refractivity contribution in [1.29, 1.82) is 0 Å². The van der Waals surface area contributed by atoms with E-state index in [-0.39, 0.29) is 42.2 Å². The lowest BCUT2D eigenvalue weighted by molar-refractivity contribution is -0.138. The molecule has 0 bridgehead atoms. The number of nitrogens with zero attached hydrogens (tertiary/aromatic N) is 3. The zero-order valence-corrected chi connectivity index (χ0v) is 21.6. The Hall–Kier alpha value is -3.75. The van der Waals surface area contributed by atoms with Gasteiger partial charge in [0.25, 0.3) is 11.8 Å². The molecule has 0 aliphatic carbocycles. The highest BCUT2D eigenvalue weighted by atomic mass is 19.1. The average Bonchev–Trinajstić information content (AvgIpc) is 3.44. The van der Waals surface area contributed by atoms with Crippen LogP contribution in [0, 0.1) is 11.7 Å². The number of likely N-dealkylation sites (tertiary alicyclic amines) is 2. The molecule has 2 heterocycles. The zero-order chi connectivity index (χ0) is 26.9. The van der Waals surface area contributed by atoms with Crippen LogP contribution in [0.15, 0.2) is 48.5 Å². The van der Waals surface area contributed by atoms with Crippen LogP contribution in [-0.4, -0.2) is 78.6 Å². The van der Waals surface area contributed by atoms with Crippen LogP contribution >= 0.6 is 0 Å². The van der Waals surface area contributed by atoms with Crippen molar-refractivity contribution in [2.75, 3.05) is 32.1 Å². The van der Waals surface area contributed by atoms with Crippen LogP contribution in [0.2, 0.25) is 0 Å². The molecule has 3 amide bonds. The number of rotatable bonds is 7. The van der Waals surface area contributed by atoms with E-state index in [0.717, 1.165) is 5.69 Å². The maximum absolute atomic E-state index is 14.2. The van der Waals surface area contributed by atoms with E-state index in [1.165, 1.54) is 28.0 Å². The molecule has 0 aromatic heterocycles. The Balaban J connectivity index is 1.51. The number of fused-ring (bicyclic) bond motifs is 1. The number of benzene rings is 2. The van der Waals surface area contributed by atoms with Crippen molar-refractivity contribution in [2.24, 2.45) is 5.92 Å².